The van der Waals surface area contributed by atoms with Crippen molar-refractivity contribution in [2.45, 2.75) is 6.54 Å². The van der Waals surface area contributed by atoms with Gasteiger partial charge < -0.3 is 20.3 Å². The number of nitrogens with two attached hydrogens (primary N) is 1. The summed E-state index contributed by atoms with van der Waals surface area (Å²) in [5.41, 5.74) is 7.29. The molecule has 154 valence electrons. The van der Waals surface area contributed by atoms with Crippen LogP contribution in [-0.2, 0) is 6.54 Å². The fourth-order valence-electron chi connectivity index (χ4n) is 3.18. The third-order valence-corrected chi connectivity index (χ3v) is 5.02. The van der Waals surface area contributed by atoms with Gasteiger partial charge in [-0.2, -0.15) is 0 Å². The van der Waals surface area contributed by atoms with Crippen molar-refractivity contribution in [1.82, 2.24) is 14.8 Å². The number of methoxy groups -OCH3 is 1. The number of Topliss-reactive ketones (excluding diaryl/α,β-unsaturated/α-hetero) is 1. The molecule has 1 aromatic carbocycles. The maximum absolute atomic E-state index is 13.3. The van der Waals surface area contributed by atoms with Gasteiger partial charge in [0.25, 0.3) is 0 Å². The second-order valence-electron chi connectivity index (χ2n) is 7.03. The van der Waals surface area contributed by atoms with Crippen molar-refractivity contribution in [3.05, 3.63) is 53.9 Å². The molecular formula is C21H27N5O3. The van der Waals surface area contributed by atoms with E-state index in [1.54, 1.807) is 24.1 Å². The van der Waals surface area contributed by atoms with E-state index in [1.807, 2.05) is 29.2 Å². The Morgan fingerprint density at radius 3 is 2.55 bits per heavy atom. The SMILES string of the molecule is COc1cccc(N(Cc2ccc(C(=O)CN)cn2)C(=O)N2CCN(C)CC2)c1. The van der Waals surface area contributed by atoms with Crippen LogP contribution in [0, 0.1) is 0 Å². The van der Waals surface area contributed by atoms with E-state index in [0.717, 1.165) is 18.8 Å². The Morgan fingerprint density at radius 1 is 1.17 bits per heavy atom. The van der Waals surface area contributed by atoms with Gasteiger partial charge in [-0.05, 0) is 31.3 Å². The fourth-order valence-corrected chi connectivity index (χ4v) is 3.18. The Bertz CT molecular complexity index is 848. The van der Waals surface area contributed by atoms with Gasteiger partial charge in [0.05, 0.1) is 25.9 Å². The van der Waals surface area contributed by atoms with Gasteiger partial charge in [-0.15, -0.1) is 0 Å². The average molecular weight is 397 g/mol. The molecule has 2 amide bonds. The number of urea groups is 1. The molecule has 0 aliphatic carbocycles. The van der Waals surface area contributed by atoms with Crippen molar-refractivity contribution in [2.75, 3.05) is 51.8 Å². The number of pyridine rings is 1. The molecule has 8 heteroatoms. The highest BCUT2D eigenvalue weighted by atomic mass is 16.5. The minimum Gasteiger partial charge on any atom is -0.497 e. The zero-order chi connectivity index (χ0) is 20.8. The summed E-state index contributed by atoms with van der Waals surface area (Å²) in [5.74, 6) is 0.512. The number of aromatic nitrogens is 1. The summed E-state index contributed by atoms with van der Waals surface area (Å²) in [6.45, 7) is 3.26. The van der Waals surface area contributed by atoms with Crippen LogP contribution in [0.3, 0.4) is 0 Å². The van der Waals surface area contributed by atoms with Crippen molar-refractivity contribution in [2.24, 2.45) is 5.73 Å². The monoisotopic (exact) mass is 397 g/mol. The number of carbonyl (C=O) groups is 2. The molecule has 1 aliphatic rings. The summed E-state index contributed by atoms with van der Waals surface area (Å²) in [6.07, 6.45) is 1.51. The van der Waals surface area contributed by atoms with Crippen molar-refractivity contribution in [1.29, 1.82) is 0 Å². The number of amides is 2. The van der Waals surface area contributed by atoms with Crippen molar-refractivity contribution >= 4 is 17.5 Å². The lowest BCUT2D eigenvalue weighted by Gasteiger charge is -2.36. The maximum atomic E-state index is 13.3. The minimum atomic E-state index is -0.165. The molecule has 0 radical (unpaired) electrons. The molecule has 0 unspecified atom stereocenters. The maximum Gasteiger partial charge on any atom is 0.324 e. The van der Waals surface area contributed by atoms with E-state index >= 15 is 0 Å². The van der Waals surface area contributed by atoms with E-state index in [4.69, 9.17) is 10.5 Å². The number of likely N-dealkylation sites (N-methyl/N-ethyl adjacent to an activating group) is 1. The standard InChI is InChI=1S/C21H27N5O3/c1-24-8-10-25(11-9-24)21(28)26(18-4-3-5-19(12-18)29-2)15-17-7-6-16(14-23-17)20(27)13-22/h3-7,12,14H,8-11,13,15,22H2,1-2H3. The Labute approximate surface area is 170 Å². The number of piperazine rings is 1. The zero-order valence-corrected chi connectivity index (χ0v) is 16.9. The van der Waals surface area contributed by atoms with Crippen LogP contribution in [0.2, 0.25) is 0 Å². The Hall–Kier alpha value is -2.97. The number of benzene rings is 1. The Morgan fingerprint density at radius 2 is 1.93 bits per heavy atom. The Balaban J connectivity index is 1.86. The first-order chi connectivity index (χ1) is 14.0. The van der Waals surface area contributed by atoms with Crippen molar-refractivity contribution in [3.8, 4) is 5.75 Å². The number of hydrogen-bond acceptors (Lipinski definition) is 6. The number of carbonyl (C=O) groups excluding carboxylic acids is 2. The summed E-state index contributed by atoms with van der Waals surface area (Å²) >= 11 is 0. The van der Waals surface area contributed by atoms with Crippen LogP contribution in [0.25, 0.3) is 0 Å². The predicted molar refractivity (Wildman–Crippen MR) is 111 cm³/mol. The molecule has 0 saturated carbocycles. The third kappa shape index (κ3) is 5.10. The van der Waals surface area contributed by atoms with Gasteiger partial charge in [0.1, 0.15) is 5.75 Å². The molecule has 0 spiro atoms. The van der Waals surface area contributed by atoms with Gasteiger partial charge in [-0.25, -0.2) is 4.79 Å². The summed E-state index contributed by atoms with van der Waals surface area (Å²) in [4.78, 5) is 35.2. The second-order valence-corrected chi connectivity index (χ2v) is 7.03. The zero-order valence-electron chi connectivity index (χ0n) is 16.9. The molecule has 2 aromatic rings. The normalized spacial score (nSPS) is 14.5. The van der Waals surface area contributed by atoms with Gasteiger partial charge >= 0.3 is 6.03 Å². The molecule has 2 N–H and O–H groups in total. The number of ketones is 1. The van der Waals surface area contributed by atoms with Crippen LogP contribution in [0.5, 0.6) is 5.75 Å². The quantitative estimate of drug-likeness (QED) is 0.745. The number of ether oxygens (including phenoxy) is 1. The molecular weight excluding hydrogens is 370 g/mol. The molecule has 2 heterocycles. The first kappa shape index (κ1) is 20.8. The predicted octanol–water partition coefficient (Wildman–Crippen LogP) is 1.61. The van der Waals surface area contributed by atoms with Gasteiger partial charge in [0.15, 0.2) is 5.78 Å². The van der Waals surface area contributed by atoms with Crippen LogP contribution < -0.4 is 15.4 Å². The number of rotatable bonds is 6. The van der Waals surface area contributed by atoms with Crippen molar-refractivity contribution < 1.29 is 14.3 Å². The molecule has 3 rings (SSSR count). The van der Waals surface area contributed by atoms with E-state index < -0.39 is 0 Å². The highest BCUT2D eigenvalue weighted by molar-refractivity contribution is 5.97. The summed E-state index contributed by atoms with van der Waals surface area (Å²) in [6, 6.07) is 10.8. The lowest BCUT2D eigenvalue weighted by Crippen LogP contribution is -2.52. The smallest absolute Gasteiger partial charge is 0.324 e. The lowest BCUT2D eigenvalue weighted by atomic mass is 10.1. The largest absolute Gasteiger partial charge is 0.497 e. The first-order valence-electron chi connectivity index (χ1n) is 9.59. The van der Waals surface area contributed by atoms with Gasteiger partial charge in [0, 0.05) is 49.7 Å². The number of nitrogens with zero attached hydrogens (tertiary/aromatic N) is 4. The van der Waals surface area contributed by atoms with Crippen LogP contribution in [0.1, 0.15) is 16.1 Å². The van der Waals surface area contributed by atoms with Gasteiger partial charge in [-0.3, -0.25) is 14.7 Å². The van der Waals surface area contributed by atoms with Crippen LogP contribution in [-0.4, -0.2) is 73.5 Å². The highest BCUT2D eigenvalue weighted by Crippen LogP contribution is 2.24. The topological polar surface area (TPSA) is 92.0 Å². The summed E-state index contributed by atoms with van der Waals surface area (Å²) < 4.78 is 5.33. The van der Waals surface area contributed by atoms with Crippen LogP contribution >= 0.6 is 0 Å². The summed E-state index contributed by atoms with van der Waals surface area (Å²) in [7, 11) is 3.65. The molecule has 1 aliphatic heterocycles. The minimum absolute atomic E-state index is 0.0567. The third-order valence-electron chi connectivity index (χ3n) is 5.02. The first-order valence-corrected chi connectivity index (χ1v) is 9.59. The molecule has 1 saturated heterocycles. The Kier molecular flexibility index (Phi) is 6.79. The summed E-state index contributed by atoms with van der Waals surface area (Å²) in [5, 5.41) is 0. The fraction of sp³-hybridized carbons (Fsp3) is 0.381. The van der Waals surface area contributed by atoms with E-state index in [2.05, 4.69) is 16.9 Å². The molecule has 0 bridgehead atoms. The van der Waals surface area contributed by atoms with Gasteiger partial charge in [0.2, 0.25) is 0 Å². The van der Waals surface area contributed by atoms with E-state index in [-0.39, 0.29) is 24.9 Å². The van der Waals surface area contributed by atoms with E-state index in [1.165, 1.54) is 6.20 Å². The molecule has 1 aromatic heterocycles. The second kappa shape index (κ2) is 9.49. The lowest BCUT2D eigenvalue weighted by molar-refractivity contribution is 0.100. The van der Waals surface area contributed by atoms with E-state index in [9.17, 15) is 9.59 Å². The van der Waals surface area contributed by atoms with Crippen LogP contribution in [0.15, 0.2) is 42.6 Å². The average Bonchev–Trinajstić information content (AvgIpc) is 2.77. The van der Waals surface area contributed by atoms with E-state index in [0.29, 0.717) is 30.1 Å². The molecule has 29 heavy (non-hydrogen) atoms. The van der Waals surface area contributed by atoms with Gasteiger partial charge in [-0.1, -0.05) is 6.07 Å². The highest BCUT2D eigenvalue weighted by Gasteiger charge is 2.26. The van der Waals surface area contributed by atoms with Crippen molar-refractivity contribution in [3.63, 3.8) is 0 Å². The molecule has 0 atom stereocenters. The molecule has 8 nitrogen and oxygen atoms in total. The number of hydrogen-bond donors (Lipinski definition) is 1. The number of anilines is 1. The molecule has 1 fully saturated rings. The van der Waals surface area contributed by atoms with Crippen LogP contribution in [0.4, 0.5) is 10.5 Å².